The number of rotatable bonds is 10. The molecule has 20 heavy (non-hydrogen) atoms. The van der Waals surface area contributed by atoms with E-state index in [1.807, 2.05) is 26.1 Å². The Labute approximate surface area is 123 Å². The Morgan fingerprint density at radius 1 is 1.10 bits per heavy atom. The first kappa shape index (κ1) is 16.8. The maximum atomic E-state index is 6.00. The van der Waals surface area contributed by atoms with Gasteiger partial charge in [-0.25, -0.2) is 0 Å². The first-order chi connectivity index (χ1) is 9.76. The fourth-order valence-corrected chi connectivity index (χ4v) is 2.14. The van der Waals surface area contributed by atoms with E-state index in [9.17, 15) is 0 Å². The van der Waals surface area contributed by atoms with Gasteiger partial charge in [-0.05, 0) is 33.1 Å². The smallest absolute Gasteiger partial charge is 0.165 e. The molecule has 0 aliphatic heterocycles. The van der Waals surface area contributed by atoms with Crippen molar-refractivity contribution >= 4 is 0 Å². The number of hydrogen-bond acceptors (Lipinski definition) is 4. The van der Waals surface area contributed by atoms with Gasteiger partial charge in [0, 0.05) is 18.7 Å². The van der Waals surface area contributed by atoms with E-state index in [2.05, 4.69) is 30.1 Å². The van der Waals surface area contributed by atoms with Crippen LogP contribution in [0.4, 0.5) is 0 Å². The van der Waals surface area contributed by atoms with Crippen LogP contribution in [-0.4, -0.2) is 44.8 Å². The molecule has 0 aliphatic carbocycles. The molecule has 1 aromatic rings. The third-order valence-corrected chi connectivity index (χ3v) is 3.28. The summed E-state index contributed by atoms with van der Waals surface area (Å²) < 4.78 is 11.7. The summed E-state index contributed by atoms with van der Waals surface area (Å²) in [4.78, 5) is 2.35. The van der Waals surface area contributed by atoms with Crippen molar-refractivity contribution in [2.45, 2.75) is 27.3 Å². The Hall–Kier alpha value is -1.26. The molecule has 4 heteroatoms. The fraction of sp³-hybridized carbons (Fsp3) is 0.625. The quantitative estimate of drug-likeness (QED) is 0.714. The monoisotopic (exact) mass is 280 g/mol. The molecule has 1 N–H and O–H groups in total. The van der Waals surface area contributed by atoms with Crippen molar-refractivity contribution in [3.63, 3.8) is 0 Å². The molecule has 114 valence electrons. The molecule has 0 amide bonds. The zero-order valence-corrected chi connectivity index (χ0v) is 13.2. The minimum absolute atomic E-state index is 0.648. The van der Waals surface area contributed by atoms with Crippen LogP contribution in [0.25, 0.3) is 0 Å². The van der Waals surface area contributed by atoms with Crippen molar-refractivity contribution in [2.24, 2.45) is 0 Å². The number of nitrogens with one attached hydrogen (secondary N) is 1. The molecule has 0 aliphatic rings. The van der Waals surface area contributed by atoms with Crippen LogP contribution >= 0.6 is 0 Å². The van der Waals surface area contributed by atoms with Crippen LogP contribution in [0.1, 0.15) is 26.3 Å². The second-order valence-corrected chi connectivity index (χ2v) is 4.58. The van der Waals surface area contributed by atoms with Crippen molar-refractivity contribution in [2.75, 3.05) is 39.9 Å². The maximum absolute atomic E-state index is 6.00. The molecule has 0 unspecified atom stereocenters. The number of ether oxygens (including phenoxy) is 2. The lowest BCUT2D eigenvalue weighted by molar-refractivity contribution is 0.212. The third kappa shape index (κ3) is 5.02. The zero-order valence-electron chi connectivity index (χ0n) is 13.2. The Morgan fingerprint density at radius 3 is 2.45 bits per heavy atom. The molecule has 0 aromatic heterocycles. The third-order valence-electron chi connectivity index (χ3n) is 3.28. The number of benzene rings is 1. The van der Waals surface area contributed by atoms with Gasteiger partial charge in [-0.1, -0.05) is 26.0 Å². The topological polar surface area (TPSA) is 33.7 Å². The summed E-state index contributed by atoms with van der Waals surface area (Å²) in [5, 5.41) is 3.17. The van der Waals surface area contributed by atoms with E-state index >= 15 is 0 Å². The molecule has 0 radical (unpaired) electrons. The predicted octanol–water partition coefficient (Wildman–Crippen LogP) is 2.53. The van der Waals surface area contributed by atoms with Crippen LogP contribution in [0, 0.1) is 0 Å². The molecule has 0 heterocycles. The van der Waals surface area contributed by atoms with E-state index in [4.69, 9.17) is 9.47 Å². The first-order valence-corrected chi connectivity index (χ1v) is 7.51. The largest absolute Gasteiger partial charge is 0.490 e. The molecule has 0 atom stereocenters. The molecule has 1 aromatic carbocycles. The Kier molecular flexibility index (Phi) is 8.07. The predicted molar refractivity (Wildman–Crippen MR) is 83.7 cm³/mol. The summed E-state index contributed by atoms with van der Waals surface area (Å²) in [7, 11) is 1.94. The lowest BCUT2D eigenvalue weighted by atomic mass is 10.2. The molecule has 0 bridgehead atoms. The van der Waals surface area contributed by atoms with Gasteiger partial charge in [0.1, 0.15) is 6.61 Å². The van der Waals surface area contributed by atoms with Gasteiger partial charge in [0.15, 0.2) is 11.5 Å². The second-order valence-electron chi connectivity index (χ2n) is 4.58. The van der Waals surface area contributed by atoms with Gasteiger partial charge in [-0.2, -0.15) is 0 Å². The van der Waals surface area contributed by atoms with E-state index in [1.54, 1.807) is 0 Å². The highest BCUT2D eigenvalue weighted by Gasteiger charge is 2.11. The van der Waals surface area contributed by atoms with Gasteiger partial charge in [-0.3, -0.25) is 0 Å². The average Bonchev–Trinajstić information content (AvgIpc) is 2.46. The second kappa shape index (κ2) is 9.61. The van der Waals surface area contributed by atoms with Crippen LogP contribution in [-0.2, 0) is 6.54 Å². The SMILES string of the molecule is CCOc1cccc(CNC)c1OCCN(CC)CC. The lowest BCUT2D eigenvalue weighted by Crippen LogP contribution is -2.28. The van der Waals surface area contributed by atoms with Crippen LogP contribution in [0.3, 0.4) is 0 Å². The normalized spacial score (nSPS) is 10.8. The highest BCUT2D eigenvalue weighted by Crippen LogP contribution is 2.31. The fourth-order valence-electron chi connectivity index (χ4n) is 2.14. The highest BCUT2D eigenvalue weighted by molar-refractivity contribution is 5.46. The van der Waals surface area contributed by atoms with Crippen molar-refractivity contribution in [3.8, 4) is 11.5 Å². The Morgan fingerprint density at radius 2 is 1.85 bits per heavy atom. The van der Waals surface area contributed by atoms with Gasteiger partial charge < -0.3 is 19.7 Å². The molecule has 0 fully saturated rings. The lowest BCUT2D eigenvalue weighted by Gasteiger charge is -2.20. The number of hydrogen-bond donors (Lipinski definition) is 1. The van der Waals surface area contributed by atoms with E-state index in [1.165, 1.54) is 0 Å². The van der Waals surface area contributed by atoms with E-state index in [0.29, 0.717) is 13.2 Å². The summed E-state index contributed by atoms with van der Waals surface area (Å²) in [6.07, 6.45) is 0. The minimum Gasteiger partial charge on any atom is -0.490 e. The van der Waals surface area contributed by atoms with Gasteiger partial charge in [-0.15, -0.1) is 0 Å². The standard InChI is InChI=1S/C16H28N2O2/c1-5-18(6-2)11-12-20-16-14(13-17-4)9-8-10-15(16)19-7-3/h8-10,17H,5-7,11-13H2,1-4H3. The van der Waals surface area contributed by atoms with Crippen molar-refractivity contribution < 1.29 is 9.47 Å². The van der Waals surface area contributed by atoms with Crippen LogP contribution in [0.2, 0.25) is 0 Å². The summed E-state index contributed by atoms with van der Waals surface area (Å²) in [6.45, 7) is 11.5. The minimum atomic E-state index is 0.648. The summed E-state index contributed by atoms with van der Waals surface area (Å²) >= 11 is 0. The Bertz CT molecular complexity index is 354. The maximum Gasteiger partial charge on any atom is 0.165 e. The first-order valence-electron chi connectivity index (χ1n) is 7.51. The van der Waals surface area contributed by atoms with Gasteiger partial charge >= 0.3 is 0 Å². The summed E-state index contributed by atoms with van der Waals surface area (Å²) in [6, 6.07) is 6.05. The molecule has 4 nitrogen and oxygen atoms in total. The van der Waals surface area contributed by atoms with Gasteiger partial charge in [0.05, 0.1) is 6.61 Å². The van der Waals surface area contributed by atoms with Crippen LogP contribution < -0.4 is 14.8 Å². The van der Waals surface area contributed by atoms with Crippen molar-refractivity contribution in [3.05, 3.63) is 23.8 Å². The highest BCUT2D eigenvalue weighted by atomic mass is 16.5. The average molecular weight is 280 g/mol. The van der Waals surface area contributed by atoms with Crippen molar-refractivity contribution in [1.82, 2.24) is 10.2 Å². The van der Waals surface area contributed by atoms with E-state index in [-0.39, 0.29) is 0 Å². The van der Waals surface area contributed by atoms with Crippen molar-refractivity contribution in [1.29, 1.82) is 0 Å². The molecule has 0 saturated carbocycles. The van der Waals surface area contributed by atoms with Gasteiger partial charge in [0.25, 0.3) is 0 Å². The van der Waals surface area contributed by atoms with Crippen LogP contribution in [0.15, 0.2) is 18.2 Å². The molecule has 0 spiro atoms. The summed E-state index contributed by atoms with van der Waals surface area (Å²) in [5.41, 5.74) is 1.14. The zero-order chi connectivity index (χ0) is 14.8. The summed E-state index contributed by atoms with van der Waals surface area (Å²) in [5.74, 6) is 1.70. The Balaban J connectivity index is 2.73. The molecule has 0 saturated heterocycles. The van der Waals surface area contributed by atoms with Crippen LogP contribution in [0.5, 0.6) is 11.5 Å². The molecule has 1 rings (SSSR count). The van der Waals surface area contributed by atoms with E-state index in [0.717, 1.165) is 43.2 Å². The van der Waals surface area contributed by atoms with E-state index < -0.39 is 0 Å². The van der Waals surface area contributed by atoms with Gasteiger partial charge in [0.2, 0.25) is 0 Å². The number of nitrogens with zero attached hydrogens (tertiary/aromatic N) is 1. The molecular formula is C16H28N2O2. The molecular weight excluding hydrogens is 252 g/mol. The number of likely N-dealkylation sites (N-methyl/N-ethyl adjacent to an activating group) is 1. The number of para-hydroxylation sites is 1.